The third-order valence-electron chi connectivity index (χ3n) is 2.33. The Morgan fingerprint density at radius 2 is 2.22 bits per heavy atom. The number of nitrogens with zero attached hydrogens (tertiary/aromatic N) is 1. The molecule has 1 aromatic carbocycles. The van der Waals surface area contributed by atoms with Gasteiger partial charge in [-0.1, -0.05) is 0 Å². The van der Waals surface area contributed by atoms with Crippen LogP contribution in [0.25, 0.3) is 0 Å². The van der Waals surface area contributed by atoms with Crippen molar-refractivity contribution in [2.45, 2.75) is 6.54 Å². The van der Waals surface area contributed by atoms with Gasteiger partial charge in [-0.05, 0) is 17.5 Å². The molecule has 0 aliphatic heterocycles. The van der Waals surface area contributed by atoms with Gasteiger partial charge in [0, 0.05) is 22.3 Å². The highest BCUT2D eigenvalue weighted by Gasteiger charge is 2.10. The van der Waals surface area contributed by atoms with E-state index in [-0.39, 0.29) is 5.69 Å². The molecule has 0 bridgehead atoms. The van der Waals surface area contributed by atoms with Crippen LogP contribution in [0.5, 0.6) is 0 Å². The summed E-state index contributed by atoms with van der Waals surface area (Å²) in [6.45, 7) is 0.407. The number of nitrogens with one attached hydrogen (secondary N) is 1. The molecule has 1 aromatic heterocycles. The minimum atomic E-state index is -0.647. The van der Waals surface area contributed by atoms with Crippen LogP contribution in [-0.2, 0) is 6.54 Å². The summed E-state index contributed by atoms with van der Waals surface area (Å²) >= 11 is 1.47. The maximum atomic E-state index is 13.2. The molecule has 0 aliphatic rings. The van der Waals surface area contributed by atoms with E-state index >= 15 is 0 Å². The first-order chi connectivity index (χ1) is 8.56. The van der Waals surface area contributed by atoms with Gasteiger partial charge in [-0.2, -0.15) is 0 Å². The van der Waals surface area contributed by atoms with Crippen LogP contribution in [0.4, 0.5) is 21.5 Å². The molecule has 94 valence electrons. The van der Waals surface area contributed by atoms with Crippen molar-refractivity contribution in [2.75, 3.05) is 11.1 Å². The van der Waals surface area contributed by atoms with Gasteiger partial charge >= 0.3 is 0 Å². The monoisotopic (exact) mass is 267 g/mol. The van der Waals surface area contributed by atoms with Gasteiger partial charge in [0.15, 0.2) is 0 Å². The first-order valence-corrected chi connectivity index (χ1v) is 5.95. The van der Waals surface area contributed by atoms with Crippen molar-refractivity contribution in [3.63, 3.8) is 0 Å². The predicted octanol–water partition coefficient (Wildman–Crippen LogP) is 2.99. The molecular weight excluding hydrogens is 257 g/mol. The van der Waals surface area contributed by atoms with E-state index < -0.39 is 10.7 Å². The topological polar surface area (TPSA) is 81.2 Å². The van der Waals surface area contributed by atoms with Crippen LogP contribution in [0, 0.1) is 15.9 Å². The zero-order valence-electron chi connectivity index (χ0n) is 9.22. The largest absolute Gasteiger partial charge is 0.398 e. The minimum absolute atomic E-state index is 0.281. The Labute approximate surface area is 106 Å². The Morgan fingerprint density at radius 3 is 2.83 bits per heavy atom. The first kappa shape index (κ1) is 12.3. The Morgan fingerprint density at radius 1 is 1.44 bits per heavy atom. The molecule has 0 fully saturated rings. The number of nitro benzene ring substituents is 1. The normalized spacial score (nSPS) is 10.3. The zero-order valence-corrected chi connectivity index (χ0v) is 10.0. The quantitative estimate of drug-likeness (QED) is 0.659. The molecule has 0 unspecified atom stereocenters. The number of non-ortho nitro benzene ring substituents is 1. The Kier molecular flexibility index (Phi) is 3.42. The van der Waals surface area contributed by atoms with E-state index in [1.54, 1.807) is 6.07 Å². The maximum Gasteiger partial charge on any atom is 0.274 e. The van der Waals surface area contributed by atoms with Crippen molar-refractivity contribution in [3.05, 3.63) is 50.5 Å². The van der Waals surface area contributed by atoms with Gasteiger partial charge in [0.25, 0.3) is 5.69 Å². The summed E-state index contributed by atoms with van der Waals surface area (Å²) in [7, 11) is 0. The number of hydrogen-bond donors (Lipinski definition) is 2. The first-order valence-electron chi connectivity index (χ1n) is 5.07. The second-order valence-electron chi connectivity index (χ2n) is 3.61. The predicted molar refractivity (Wildman–Crippen MR) is 69.1 cm³/mol. The molecule has 0 aliphatic carbocycles. The van der Waals surface area contributed by atoms with Crippen LogP contribution in [-0.4, -0.2) is 4.92 Å². The maximum absolute atomic E-state index is 13.2. The third-order valence-corrected chi connectivity index (χ3v) is 3.26. The van der Waals surface area contributed by atoms with Crippen LogP contribution >= 0.6 is 11.3 Å². The summed E-state index contributed by atoms with van der Waals surface area (Å²) in [6, 6.07) is 5.14. The average Bonchev–Trinajstić information content (AvgIpc) is 2.71. The number of hydrogen-bond acceptors (Lipinski definition) is 5. The van der Waals surface area contributed by atoms with E-state index in [0.29, 0.717) is 17.9 Å². The molecule has 0 saturated heterocycles. The fourth-order valence-corrected chi connectivity index (χ4v) is 2.20. The molecule has 1 heterocycles. The van der Waals surface area contributed by atoms with Crippen LogP contribution in [0.15, 0.2) is 29.6 Å². The molecule has 0 atom stereocenters. The second-order valence-corrected chi connectivity index (χ2v) is 4.61. The number of thiophene rings is 1. The van der Waals surface area contributed by atoms with E-state index in [1.807, 2.05) is 5.38 Å². The Hall–Kier alpha value is -2.15. The van der Waals surface area contributed by atoms with Crippen molar-refractivity contribution >= 4 is 28.4 Å². The Bertz CT molecular complexity index is 585. The fraction of sp³-hybridized carbons (Fsp3) is 0.0909. The van der Waals surface area contributed by atoms with Crippen molar-refractivity contribution in [3.8, 4) is 0 Å². The number of nitro groups is 1. The highest BCUT2D eigenvalue weighted by molar-refractivity contribution is 7.10. The van der Waals surface area contributed by atoms with Crippen molar-refractivity contribution in [2.24, 2.45) is 0 Å². The van der Waals surface area contributed by atoms with Gasteiger partial charge in [0.2, 0.25) is 0 Å². The van der Waals surface area contributed by atoms with E-state index in [1.165, 1.54) is 23.5 Å². The second kappa shape index (κ2) is 5.01. The lowest BCUT2D eigenvalue weighted by atomic mass is 10.2. The SMILES string of the molecule is Nc1ccsc1CNc1cc(F)cc([N+](=O)[O-])c1. The summed E-state index contributed by atoms with van der Waals surface area (Å²) in [5, 5.41) is 15.3. The molecule has 3 N–H and O–H groups in total. The van der Waals surface area contributed by atoms with Crippen LogP contribution in [0.2, 0.25) is 0 Å². The van der Waals surface area contributed by atoms with Crippen LogP contribution in [0.3, 0.4) is 0 Å². The van der Waals surface area contributed by atoms with E-state index in [0.717, 1.165) is 10.9 Å². The number of halogens is 1. The molecule has 2 rings (SSSR count). The molecule has 2 aromatic rings. The van der Waals surface area contributed by atoms with Crippen LogP contribution in [0.1, 0.15) is 4.88 Å². The molecule has 0 spiro atoms. The molecule has 0 radical (unpaired) electrons. The van der Waals surface area contributed by atoms with Gasteiger partial charge in [-0.15, -0.1) is 11.3 Å². The summed E-state index contributed by atoms with van der Waals surface area (Å²) in [6.07, 6.45) is 0. The van der Waals surface area contributed by atoms with Gasteiger partial charge in [-0.3, -0.25) is 10.1 Å². The summed E-state index contributed by atoms with van der Waals surface area (Å²) in [5.74, 6) is -0.647. The molecule has 0 saturated carbocycles. The van der Waals surface area contributed by atoms with Gasteiger partial charge in [0.1, 0.15) is 5.82 Å². The number of nitrogen functional groups attached to an aromatic ring is 1. The van der Waals surface area contributed by atoms with E-state index in [2.05, 4.69) is 5.32 Å². The molecule has 7 heteroatoms. The fourth-order valence-electron chi connectivity index (χ4n) is 1.46. The van der Waals surface area contributed by atoms with Crippen molar-refractivity contribution < 1.29 is 9.31 Å². The molecule has 0 amide bonds. The lowest BCUT2D eigenvalue weighted by Gasteiger charge is -2.05. The van der Waals surface area contributed by atoms with E-state index in [9.17, 15) is 14.5 Å². The summed E-state index contributed by atoms with van der Waals surface area (Å²) in [4.78, 5) is 10.9. The standard InChI is InChI=1S/C11H10FN3O2S/c12-7-3-8(5-9(4-7)15(16)17)14-6-11-10(13)1-2-18-11/h1-5,14H,6,13H2. The lowest BCUT2D eigenvalue weighted by Crippen LogP contribution is -2.01. The average molecular weight is 267 g/mol. The third kappa shape index (κ3) is 2.75. The number of benzene rings is 1. The summed E-state index contributed by atoms with van der Waals surface area (Å²) < 4.78 is 13.2. The zero-order chi connectivity index (χ0) is 13.1. The summed E-state index contributed by atoms with van der Waals surface area (Å²) in [5.41, 5.74) is 6.43. The number of anilines is 2. The number of nitrogens with two attached hydrogens (primary N) is 1. The minimum Gasteiger partial charge on any atom is -0.398 e. The highest BCUT2D eigenvalue weighted by atomic mass is 32.1. The van der Waals surface area contributed by atoms with E-state index in [4.69, 9.17) is 5.73 Å². The smallest absolute Gasteiger partial charge is 0.274 e. The molecular formula is C11H10FN3O2S. The molecule has 18 heavy (non-hydrogen) atoms. The molecule has 5 nitrogen and oxygen atoms in total. The highest BCUT2D eigenvalue weighted by Crippen LogP contribution is 2.23. The number of rotatable bonds is 4. The van der Waals surface area contributed by atoms with Gasteiger partial charge in [0.05, 0.1) is 17.5 Å². The Balaban J connectivity index is 2.14. The van der Waals surface area contributed by atoms with Gasteiger partial charge in [-0.25, -0.2) is 4.39 Å². The van der Waals surface area contributed by atoms with Crippen molar-refractivity contribution in [1.29, 1.82) is 0 Å². The van der Waals surface area contributed by atoms with Gasteiger partial charge < -0.3 is 11.1 Å². The van der Waals surface area contributed by atoms with Crippen molar-refractivity contribution in [1.82, 2.24) is 0 Å². The lowest BCUT2D eigenvalue weighted by molar-refractivity contribution is -0.385. The van der Waals surface area contributed by atoms with Crippen LogP contribution < -0.4 is 11.1 Å².